The molecular formula is C43H43F3N6. The Hall–Kier alpha value is -5.51. The molecule has 0 bridgehead atoms. The smallest absolute Gasteiger partial charge is 0.370 e. The van der Waals surface area contributed by atoms with E-state index >= 15 is 0 Å². The number of pyridine rings is 1. The van der Waals surface area contributed by atoms with Crippen molar-refractivity contribution in [2.45, 2.75) is 45.3 Å². The fourth-order valence-corrected chi connectivity index (χ4v) is 6.46. The third kappa shape index (κ3) is 10.3. The van der Waals surface area contributed by atoms with Crippen LogP contribution in [0, 0.1) is 0 Å². The Labute approximate surface area is 303 Å². The molecule has 4 N–H and O–H groups in total. The van der Waals surface area contributed by atoms with Gasteiger partial charge in [-0.1, -0.05) is 109 Å². The molecule has 0 spiro atoms. The van der Waals surface area contributed by atoms with Gasteiger partial charge in [0.2, 0.25) is 0 Å². The van der Waals surface area contributed by atoms with Crippen LogP contribution >= 0.6 is 0 Å². The van der Waals surface area contributed by atoms with Gasteiger partial charge >= 0.3 is 6.18 Å². The molecule has 5 aromatic carbocycles. The maximum absolute atomic E-state index is 13.1. The first-order valence-corrected chi connectivity index (χ1v) is 17.4. The van der Waals surface area contributed by atoms with Crippen molar-refractivity contribution >= 4 is 16.7 Å². The van der Waals surface area contributed by atoms with E-state index in [2.05, 4.69) is 111 Å². The molecule has 6 rings (SSSR count). The van der Waals surface area contributed by atoms with Crippen LogP contribution in [0.5, 0.6) is 0 Å². The summed E-state index contributed by atoms with van der Waals surface area (Å²) in [7, 11) is 0. The van der Waals surface area contributed by atoms with Gasteiger partial charge in [-0.3, -0.25) is 19.8 Å². The van der Waals surface area contributed by atoms with E-state index in [0.29, 0.717) is 26.2 Å². The number of aromatic nitrogens is 1. The number of fused-ring (bicyclic) bond motifs is 1. The van der Waals surface area contributed by atoms with Gasteiger partial charge in [0, 0.05) is 52.0 Å². The summed E-state index contributed by atoms with van der Waals surface area (Å²) in [6, 6.07) is 43.3. The van der Waals surface area contributed by atoms with Crippen LogP contribution < -0.4 is 11.5 Å². The molecule has 0 unspecified atom stereocenters. The van der Waals surface area contributed by atoms with Crippen molar-refractivity contribution < 1.29 is 13.2 Å². The second-order valence-electron chi connectivity index (χ2n) is 13.1. The summed E-state index contributed by atoms with van der Waals surface area (Å²) in [5.74, 6) is 0.115. The molecule has 9 heteroatoms. The highest BCUT2D eigenvalue weighted by molar-refractivity contribution is 5.85. The third-order valence-electron chi connectivity index (χ3n) is 9.05. The van der Waals surface area contributed by atoms with Gasteiger partial charge in [-0.2, -0.15) is 13.2 Å². The Morgan fingerprint density at radius 3 is 1.77 bits per heavy atom. The van der Waals surface area contributed by atoms with Crippen molar-refractivity contribution in [2.24, 2.45) is 16.5 Å². The number of hydrogen-bond acceptors (Lipinski definition) is 4. The highest BCUT2D eigenvalue weighted by Crippen LogP contribution is 2.30. The average Bonchev–Trinajstić information content (AvgIpc) is 3.14. The summed E-state index contributed by atoms with van der Waals surface area (Å²) in [5.41, 5.74) is 18.0. The molecule has 0 radical (unpaired) electrons. The molecule has 0 aliphatic rings. The zero-order chi connectivity index (χ0) is 36.3. The fourth-order valence-electron chi connectivity index (χ4n) is 6.46. The van der Waals surface area contributed by atoms with Crippen LogP contribution in [-0.2, 0) is 38.9 Å². The van der Waals surface area contributed by atoms with Crippen molar-refractivity contribution in [3.8, 4) is 11.1 Å². The summed E-state index contributed by atoms with van der Waals surface area (Å²) >= 11 is 0. The minimum atomic E-state index is -4.36. The van der Waals surface area contributed by atoms with Gasteiger partial charge in [-0.15, -0.1) is 0 Å². The van der Waals surface area contributed by atoms with Gasteiger partial charge in [0.25, 0.3) is 0 Å². The Morgan fingerprint density at radius 1 is 0.596 bits per heavy atom. The number of nitrogens with two attached hydrogens (primary N) is 2. The molecule has 52 heavy (non-hydrogen) atoms. The normalized spacial score (nSPS) is 11.7. The van der Waals surface area contributed by atoms with Crippen LogP contribution in [-0.4, -0.2) is 33.8 Å². The summed E-state index contributed by atoms with van der Waals surface area (Å²) in [6.07, 6.45) is -1.76. The lowest BCUT2D eigenvalue weighted by atomic mass is 10.0. The Kier molecular flexibility index (Phi) is 12.0. The van der Waals surface area contributed by atoms with Gasteiger partial charge in [-0.25, -0.2) is 0 Å². The van der Waals surface area contributed by atoms with Crippen LogP contribution in [0.2, 0.25) is 0 Å². The molecule has 0 aliphatic heterocycles. The summed E-state index contributed by atoms with van der Waals surface area (Å²) in [6.45, 7) is 4.70. The van der Waals surface area contributed by atoms with Crippen LogP contribution in [0.25, 0.3) is 21.9 Å². The predicted molar refractivity (Wildman–Crippen MR) is 204 cm³/mol. The van der Waals surface area contributed by atoms with Gasteiger partial charge in [0.05, 0.1) is 11.3 Å². The summed E-state index contributed by atoms with van der Waals surface area (Å²) in [5, 5.41) is 2.49. The lowest BCUT2D eigenvalue weighted by Gasteiger charge is -2.23. The van der Waals surface area contributed by atoms with Crippen molar-refractivity contribution in [1.29, 1.82) is 0 Å². The SMILES string of the molecule is NC(N)=NCCCN(Cc1ccc(-c2ccc(CN(Cc3ccc(C(F)(F)F)cc3)Cc3ccccn3)cc2)cc1)Cc1cccc2ccccc12. The van der Waals surface area contributed by atoms with Crippen molar-refractivity contribution in [1.82, 2.24) is 14.8 Å². The molecule has 0 saturated heterocycles. The molecule has 6 nitrogen and oxygen atoms in total. The van der Waals surface area contributed by atoms with Crippen LogP contribution in [0.4, 0.5) is 13.2 Å². The van der Waals surface area contributed by atoms with Crippen LogP contribution in [0.1, 0.15) is 39.9 Å². The molecule has 0 aliphatic carbocycles. The predicted octanol–water partition coefficient (Wildman–Crippen LogP) is 8.79. The maximum Gasteiger partial charge on any atom is 0.416 e. The van der Waals surface area contributed by atoms with E-state index < -0.39 is 11.7 Å². The van der Waals surface area contributed by atoms with E-state index in [0.717, 1.165) is 66.1 Å². The summed E-state index contributed by atoms with van der Waals surface area (Å²) in [4.78, 5) is 13.3. The first-order valence-electron chi connectivity index (χ1n) is 17.4. The molecule has 0 atom stereocenters. The number of hydrogen-bond donors (Lipinski definition) is 2. The zero-order valence-corrected chi connectivity index (χ0v) is 29.0. The number of aliphatic imine (C=N–C) groups is 1. The van der Waals surface area contributed by atoms with E-state index in [9.17, 15) is 13.2 Å². The molecule has 266 valence electrons. The second-order valence-corrected chi connectivity index (χ2v) is 13.1. The molecule has 0 amide bonds. The first-order chi connectivity index (χ1) is 25.2. The maximum atomic E-state index is 13.1. The minimum Gasteiger partial charge on any atom is -0.370 e. The van der Waals surface area contributed by atoms with Gasteiger partial charge in [0.1, 0.15) is 0 Å². The topological polar surface area (TPSA) is 83.8 Å². The van der Waals surface area contributed by atoms with E-state index in [1.54, 1.807) is 18.3 Å². The standard InChI is InChI=1S/C43H43F3N6/c44-43(45,46)39-22-16-34(17-23-39)29-52(31-40-10-3-4-24-49-40)28-33-14-20-36(21-15-33)35-18-12-32(13-19-35)27-51(26-6-25-50-42(47)48)30-38-9-5-8-37-7-1-2-11-41(37)38/h1-5,7-24H,6,25-31H2,(H4,47,48,50). The van der Waals surface area contributed by atoms with E-state index in [1.807, 2.05) is 18.2 Å². The van der Waals surface area contributed by atoms with Gasteiger partial charge in [-0.05, 0) is 74.8 Å². The Bertz CT molecular complexity index is 2040. The number of alkyl halides is 3. The van der Waals surface area contributed by atoms with Crippen LogP contribution in [0.15, 0.2) is 145 Å². The number of nitrogens with zero attached hydrogens (tertiary/aromatic N) is 4. The second kappa shape index (κ2) is 17.1. The van der Waals surface area contributed by atoms with Gasteiger partial charge in [0.15, 0.2) is 5.96 Å². The van der Waals surface area contributed by atoms with E-state index in [-0.39, 0.29) is 5.96 Å². The van der Waals surface area contributed by atoms with Crippen LogP contribution in [0.3, 0.4) is 0 Å². The van der Waals surface area contributed by atoms with E-state index in [4.69, 9.17) is 11.5 Å². The van der Waals surface area contributed by atoms with Crippen molar-refractivity contribution in [3.63, 3.8) is 0 Å². The minimum absolute atomic E-state index is 0.115. The largest absolute Gasteiger partial charge is 0.416 e. The lowest BCUT2D eigenvalue weighted by molar-refractivity contribution is -0.137. The number of benzene rings is 5. The molecule has 6 aromatic rings. The number of halogens is 3. The number of rotatable bonds is 15. The van der Waals surface area contributed by atoms with Crippen molar-refractivity contribution in [3.05, 3.63) is 173 Å². The monoisotopic (exact) mass is 700 g/mol. The Morgan fingerprint density at radius 2 is 1.17 bits per heavy atom. The summed E-state index contributed by atoms with van der Waals surface area (Å²) < 4.78 is 39.4. The van der Waals surface area contributed by atoms with Gasteiger partial charge < -0.3 is 11.5 Å². The first kappa shape index (κ1) is 36.3. The molecule has 0 saturated carbocycles. The number of guanidine groups is 1. The molecule has 1 heterocycles. The van der Waals surface area contributed by atoms with Crippen molar-refractivity contribution in [2.75, 3.05) is 13.1 Å². The third-order valence-corrected chi connectivity index (χ3v) is 9.05. The zero-order valence-electron chi connectivity index (χ0n) is 29.0. The van der Waals surface area contributed by atoms with E-state index in [1.165, 1.54) is 21.9 Å². The lowest BCUT2D eigenvalue weighted by Crippen LogP contribution is -2.26. The fraction of sp³-hybridized carbons (Fsp3) is 0.209. The highest BCUT2D eigenvalue weighted by atomic mass is 19.4. The molecular weight excluding hydrogens is 658 g/mol. The average molecular weight is 701 g/mol. The molecule has 1 aromatic heterocycles. The molecule has 0 fully saturated rings. The Balaban J connectivity index is 1.13. The quantitative estimate of drug-likeness (QED) is 0.0636. The highest BCUT2D eigenvalue weighted by Gasteiger charge is 2.30.